The van der Waals surface area contributed by atoms with Gasteiger partial charge in [0, 0.05) is 24.2 Å². The summed E-state index contributed by atoms with van der Waals surface area (Å²) in [6, 6.07) is 4.52. The van der Waals surface area contributed by atoms with Crippen molar-refractivity contribution in [3.8, 4) is 0 Å². The molecule has 0 saturated carbocycles. The number of hydrogen-bond acceptors (Lipinski definition) is 5. The standard InChI is InChI=1S/C22H26F4N4O3S/c1-5-14(3)28-21-16(6-8-18(29-21)22(24,25)26)7-9-19(31)27-12-15-10-13(2)20(17(23)11-15)30-34(4,32)33/h6-11,14,30H,5,12H2,1-4H3,(H,27,31)(H,28,29). The molecule has 0 aliphatic carbocycles. The number of carbonyl (C=O) groups excluding carboxylic acids is 1. The molecule has 0 fully saturated rings. The highest BCUT2D eigenvalue weighted by Gasteiger charge is 2.33. The molecule has 7 nitrogen and oxygen atoms in total. The lowest BCUT2D eigenvalue weighted by Gasteiger charge is -2.16. The van der Waals surface area contributed by atoms with Crippen LogP contribution in [0.5, 0.6) is 0 Å². The Bertz CT molecular complexity index is 1160. The van der Waals surface area contributed by atoms with E-state index in [1.807, 2.05) is 6.92 Å². The third kappa shape index (κ3) is 8.01. The number of aryl methyl sites for hydroxylation is 1. The van der Waals surface area contributed by atoms with E-state index in [-0.39, 0.29) is 24.1 Å². The van der Waals surface area contributed by atoms with E-state index in [1.165, 1.54) is 25.1 Å². The number of carbonyl (C=O) groups is 1. The molecule has 12 heteroatoms. The quantitative estimate of drug-likeness (QED) is 0.347. The number of aromatic nitrogens is 1. The maximum absolute atomic E-state index is 14.3. The first-order valence-corrected chi connectivity index (χ1v) is 12.2. The molecule has 0 aliphatic heterocycles. The van der Waals surface area contributed by atoms with Gasteiger partial charge in [-0.3, -0.25) is 9.52 Å². The minimum atomic E-state index is -4.61. The summed E-state index contributed by atoms with van der Waals surface area (Å²) in [6.07, 6.45) is -0.587. The van der Waals surface area contributed by atoms with Crippen molar-refractivity contribution in [2.45, 2.75) is 46.0 Å². The van der Waals surface area contributed by atoms with Gasteiger partial charge in [-0.2, -0.15) is 13.2 Å². The summed E-state index contributed by atoms with van der Waals surface area (Å²) in [7, 11) is -3.66. The van der Waals surface area contributed by atoms with Crippen molar-refractivity contribution in [3.05, 3.63) is 58.5 Å². The lowest BCUT2D eigenvalue weighted by atomic mass is 10.1. The summed E-state index contributed by atoms with van der Waals surface area (Å²) in [5.74, 6) is -1.35. The van der Waals surface area contributed by atoms with Crippen LogP contribution in [0.4, 0.5) is 29.1 Å². The molecule has 186 valence electrons. The molecule has 34 heavy (non-hydrogen) atoms. The summed E-state index contributed by atoms with van der Waals surface area (Å²) >= 11 is 0. The molecule has 1 aromatic heterocycles. The molecule has 0 saturated heterocycles. The van der Waals surface area contributed by atoms with Crippen molar-refractivity contribution in [2.24, 2.45) is 0 Å². The summed E-state index contributed by atoms with van der Waals surface area (Å²) in [4.78, 5) is 15.9. The molecule has 0 aliphatic rings. The molecule has 3 N–H and O–H groups in total. The number of amides is 1. The highest BCUT2D eigenvalue weighted by atomic mass is 32.2. The molecule has 0 radical (unpaired) electrons. The van der Waals surface area contributed by atoms with Gasteiger partial charge in [-0.1, -0.05) is 13.0 Å². The SMILES string of the molecule is CCC(C)Nc1nc(C(F)(F)F)ccc1C=CC(=O)NCc1cc(C)c(NS(C)(=O)=O)c(F)c1. The number of nitrogens with zero attached hydrogens (tertiary/aromatic N) is 1. The Morgan fingerprint density at radius 2 is 1.91 bits per heavy atom. The monoisotopic (exact) mass is 502 g/mol. The van der Waals surface area contributed by atoms with Crippen molar-refractivity contribution < 1.29 is 30.8 Å². The van der Waals surface area contributed by atoms with Crippen molar-refractivity contribution in [3.63, 3.8) is 0 Å². The smallest absolute Gasteiger partial charge is 0.367 e. The number of hydrogen-bond donors (Lipinski definition) is 3. The molecule has 2 rings (SSSR count). The van der Waals surface area contributed by atoms with E-state index in [0.717, 1.165) is 24.5 Å². The van der Waals surface area contributed by atoms with Crippen LogP contribution in [0, 0.1) is 12.7 Å². The van der Waals surface area contributed by atoms with Crippen LogP contribution in [-0.2, 0) is 27.5 Å². The Kier molecular flexibility index (Phi) is 8.65. The van der Waals surface area contributed by atoms with Gasteiger partial charge >= 0.3 is 6.18 Å². The zero-order chi connectivity index (χ0) is 25.7. The molecule has 0 spiro atoms. The van der Waals surface area contributed by atoms with Gasteiger partial charge in [0.15, 0.2) is 0 Å². The van der Waals surface area contributed by atoms with E-state index >= 15 is 0 Å². The number of pyridine rings is 1. The maximum Gasteiger partial charge on any atom is 0.433 e. The average Bonchev–Trinajstić information content (AvgIpc) is 2.72. The Morgan fingerprint density at radius 3 is 2.47 bits per heavy atom. The van der Waals surface area contributed by atoms with Crippen LogP contribution in [0.2, 0.25) is 0 Å². The lowest BCUT2D eigenvalue weighted by molar-refractivity contribution is -0.141. The molecule has 0 bridgehead atoms. The summed E-state index contributed by atoms with van der Waals surface area (Å²) < 4.78 is 78.2. The fraction of sp³-hybridized carbons (Fsp3) is 0.364. The first-order chi connectivity index (χ1) is 15.7. The number of alkyl halides is 3. The van der Waals surface area contributed by atoms with Gasteiger partial charge in [-0.15, -0.1) is 0 Å². The number of nitrogens with one attached hydrogen (secondary N) is 3. The van der Waals surface area contributed by atoms with E-state index in [9.17, 15) is 30.8 Å². The zero-order valence-electron chi connectivity index (χ0n) is 19.0. The first kappa shape index (κ1) is 27.1. The summed E-state index contributed by atoms with van der Waals surface area (Å²) in [5, 5.41) is 5.45. The second kappa shape index (κ2) is 10.9. The number of sulfonamides is 1. The van der Waals surface area contributed by atoms with Gasteiger partial charge in [-0.05, 0) is 55.7 Å². The number of halogens is 4. The van der Waals surface area contributed by atoms with Crippen LogP contribution >= 0.6 is 0 Å². The van der Waals surface area contributed by atoms with Crippen LogP contribution in [0.25, 0.3) is 6.08 Å². The van der Waals surface area contributed by atoms with Gasteiger partial charge in [-0.25, -0.2) is 17.8 Å². The second-order valence-electron chi connectivity index (χ2n) is 7.78. The van der Waals surface area contributed by atoms with Crippen LogP contribution in [0.15, 0.2) is 30.3 Å². The molecule has 1 amide bonds. The van der Waals surface area contributed by atoms with Crippen LogP contribution in [0.3, 0.4) is 0 Å². The van der Waals surface area contributed by atoms with Crippen molar-refractivity contribution in [2.75, 3.05) is 16.3 Å². The maximum atomic E-state index is 14.3. The largest absolute Gasteiger partial charge is 0.433 e. The molecule has 1 unspecified atom stereocenters. The highest BCUT2D eigenvalue weighted by molar-refractivity contribution is 7.92. The van der Waals surface area contributed by atoms with Gasteiger partial charge in [0.1, 0.15) is 17.3 Å². The third-order valence-electron chi connectivity index (χ3n) is 4.73. The topological polar surface area (TPSA) is 100 Å². The van der Waals surface area contributed by atoms with Crippen LogP contribution < -0.4 is 15.4 Å². The number of anilines is 2. The van der Waals surface area contributed by atoms with E-state index in [4.69, 9.17) is 0 Å². The van der Waals surface area contributed by atoms with E-state index in [0.29, 0.717) is 23.1 Å². The van der Waals surface area contributed by atoms with E-state index in [1.54, 1.807) is 6.92 Å². The minimum Gasteiger partial charge on any atom is -0.367 e. The minimum absolute atomic E-state index is 0.000105. The Balaban J connectivity index is 2.14. The van der Waals surface area contributed by atoms with Crippen LogP contribution in [0.1, 0.15) is 42.7 Å². The lowest BCUT2D eigenvalue weighted by Crippen LogP contribution is -2.21. The molecular weight excluding hydrogens is 476 g/mol. The molecule has 2 aromatic rings. The van der Waals surface area contributed by atoms with Crippen molar-refractivity contribution in [1.29, 1.82) is 0 Å². The normalized spacial score (nSPS) is 13.1. The first-order valence-electron chi connectivity index (χ1n) is 10.3. The molecule has 1 heterocycles. The Hall–Kier alpha value is -3.15. The molecule has 1 atom stereocenters. The number of rotatable bonds is 9. The molecular formula is C22H26F4N4O3S. The summed E-state index contributed by atoms with van der Waals surface area (Å²) in [6.45, 7) is 5.12. The summed E-state index contributed by atoms with van der Waals surface area (Å²) in [5.41, 5.74) is -0.200. The Morgan fingerprint density at radius 1 is 1.24 bits per heavy atom. The van der Waals surface area contributed by atoms with Crippen molar-refractivity contribution >= 4 is 33.5 Å². The van der Waals surface area contributed by atoms with Gasteiger partial charge in [0.25, 0.3) is 0 Å². The second-order valence-corrected chi connectivity index (χ2v) is 9.53. The van der Waals surface area contributed by atoms with Gasteiger partial charge in [0.05, 0.1) is 11.9 Å². The number of benzene rings is 1. The fourth-order valence-electron chi connectivity index (χ4n) is 2.86. The molecule has 1 aromatic carbocycles. The van der Waals surface area contributed by atoms with E-state index < -0.39 is 33.6 Å². The third-order valence-corrected chi connectivity index (χ3v) is 5.30. The fourth-order valence-corrected chi connectivity index (χ4v) is 3.49. The van der Waals surface area contributed by atoms with Crippen LogP contribution in [-0.4, -0.2) is 31.6 Å². The average molecular weight is 503 g/mol. The predicted molar refractivity (Wildman–Crippen MR) is 123 cm³/mol. The Labute approximate surface area is 195 Å². The van der Waals surface area contributed by atoms with E-state index in [2.05, 4.69) is 20.3 Å². The van der Waals surface area contributed by atoms with Gasteiger partial charge in [0.2, 0.25) is 15.9 Å². The highest BCUT2D eigenvalue weighted by Crippen LogP contribution is 2.30. The van der Waals surface area contributed by atoms with Gasteiger partial charge < -0.3 is 10.6 Å². The predicted octanol–water partition coefficient (Wildman–Crippen LogP) is 4.46. The zero-order valence-corrected chi connectivity index (χ0v) is 19.9. The van der Waals surface area contributed by atoms with Crippen molar-refractivity contribution in [1.82, 2.24) is 10.3 Å².